The van der Waals surface area contributed by atoms with Crippen molar-refractivity contribution in [3.63, 3.8) is 0 Å². The predicted octanol–water partition coefficient (Wildman–Crippen LogP) is 0.583. The number of Topliss-reactive ketones (excluding diaryl/α,β-unsaturated/α-hetero) is 1. The van der Waals surface area contributed by atoms with Gasteiger partial charge in [-0.25, -0.2) is 8.42 Å². The fraction of sp³-hybridized carbons (Fsp3) is 0.364. The molecule has 0 saturated carbocycles. The van der Waals surface area contributed by atoms with E-state index in [-0.39, 0.29) is 0 Å². The molecule has 4 nitrogen and oxygen atoms in total. The Morgan fingerprint density at radius 2 is 2.06 bits per heavy atom. The van der Waals surface area contributed by atoms with Gasteiger partial charge < -0.3 is 5.11 Å². The first-order valence-corrected chi connectivity index (χ1v) is 6.72. The van der Waals surface area contributed by atoms with E-state index >= 15 is 0 Å². The smallest absolute Gasteiger partial charge is 0.183 e. The average molecular weight is 242 g/mol. The Bertz CT molecular complexity index is 490. The number of hydrogen-bond acceptors (Lipinski definition) is 4. The zero-order chi connectivity index (χ0) is 12.3. The van der Waals surface area contributed by atoms with Gasteiger partial charge in [0.2, 0.25) is 0 Å². The van der Waals surface area contributed by atoms with Gasteiger partial charge in [-0.1, -0.05) is 23.8 Å². The van der Waals surface area contributed by atoms with Crippen molar-refractivity contribution in [1.82, 2.24) is 0 Å². The molecule has 16 heavy (non-hydrogen) atoms. The maximum Gasteiger partial charge on any atom is 0.183 e. The van der Waals surface area contributed by atoms with Gasteiger partial charge in [-0.3, -0.25) is 4.79 Å². The maximum absolute atomic E-state index is 11.8. The van der Waals surface area contributed by atoms with Crippen LogP contribution >= 0.6 is 0 Å². The van der Waals surface area contributed by atoms with Crippen LogP contribution in [0.5, 0.6) is 0 Å². The lowest BCUT2D eigenvalue weighted by atomic mass is 10.1. The van der Waals surface area contributed by atoms with Crippen molar-refractivity contribution in [2.24, 2.45) is 0 Å². The van der Waals surface area contributed by atoms with Crippen molar-refractivity contribution in [3.8, 4) is 0 Å². The molecular formula is C11H14O4S. The normalized spacial score (nSPS) is 13.4. The lowest BCUT2D eigenvalue weighted by Crippen LogP contribution is -2.33. The third kappa shape index (κ3) is 2.90. The monoisotopic (exact) mass is 242 g/mol. The second-order valence-electron chi connectivity index (χ2n) is 3.73. The number of hydrogen-bond donors (Lipinski definition) is 1. The van der Waals surface area contributed by atoms with Gasteiger partial charge in [-0.15, -0.1) is 0 Å². The molecule has 88 valence electrons. The van der Waals surface area contributed by atoms with E-state index < -0.39 is 27.5 Å². The standard InChI is InChI=1S/C11H14O4S/c1-8-4-3-5-9(6-8)11(13)10(7-12)16(2,14)15/h3-6,10,12H,7H2,1-2H3/t10-/m0/s1. The molecular weight excluding hydrogens is 228 g/mol. The molecule has 0 heterocycles. The molecule has 1 rings (SSSR count). The number of aliphatic hydroxyl groups excluding tert-OH is 1. The molecule has 5 heteroatoms. The molecule has 0 spiro atoms. The highest BCUT2D eigenvalue weighted by Crippen LogP contribution is 2.11. The van der Waals surface area contributed by atoms with Gasteiger partial charge in [0, 0.05) is 11.8 Å². The summed E-state index contributed by atoms with van der Waals surface area (Å²) in [6, 6.07) is 6.64. The largest absolute Gasteiger partial charge is 0.395 e. The summed E-state index contributed by atoms with van der Waals surface area (Å²) in [6.45, 7) is 1.12. The quantitative estimate of drug-likeness (QED) is 0.784. The molecule has 1 N–H and O–H groups in total. The third-order valence-corrected chi connectivity index (χ3v) is 3.67. The Morgan fingerprint density at radius 1 is 1.44 bits per heavy atom. The number of aliphatic hydroxyl groups is 1. The summed E-state index contributed by atoms with van der Waals surface area (Å²) < 4.78 is 22.6. The molecule has 0 fully saturated rings. The van der Waals surface area contributed by atoms with Crippen molar-refractivity contribution in [1.29, 1.82) is 0 Å². The zero-order valence-electron chi connectivity index (χ0n) is 9.17. The summed E-state index contributed by atoms with van der Waals surface area (Å²) in [5.41, 5.74) is 1.18. The minimum atomic E-state index is -3.57. The fourth-order valence-corrected chi connectivity index (χ4v) is 2.19. The fourth-order valence-electron chi connectivity index (χ4n) is 1.40. The summed E-state index contributed by atoms with van der Waals surface area (Å²) >= 11 is 0. The summed E-state index contributed by atoms with van der Waals surface area (Å²) in [4.78, 5) is 11.8. The van der Waals surface area contributed by atoms with E-state index in [9.17, 15) is 13.2 Å². The molecule has 0 aliphatic heterocycles. The number of benzene rings is 1. The molecule has 0 bridgehead atoms. The molecule has 0 aromatic heterocycles. The van der Waals surface area contributed by atoms with E-state index in [1.807, 2.05) is 13.0 Å². The van der Waals surface area contributed by atoms with Crippen molar-refractivity contribution in [2.45, 2.75) is 12.2 Å². The highest BCUT2D eigenvalue weighted by Gasteiger charge is 2.28. The van der Waals surface area contributed by atoms with Gasteiger partial charge >= 0.3 is 0 Å². The van der Waals surface area contributed by atoms with E-state index in [1.165, 1.54) is 0 Å². The van der Waals surface area contributed by atoms with Crippen molar-refractivity contribution in [3.05, 3.63) is 35.4 Å². The molecule has 0 radical (unpaired) electrons. The second-order valence-corrected chi connectivity index (χ2v) is 5.96. The van der Waals surface area contributed by atoms with Gasteiger partial charge in [-0.05, 0) is 13.0 Å². The van der Waals surface area contributed by atoms with Gasteiger partial charge in [0.25, 0.3) is 0 Å². The van der Waals surface area contributed by atoms with Crippen LogP contribution in [-0.4, -0.2) is 37.4 Å². The first-order chi connectivity index (χ1) is 7.36. The van der Waals surface area contributed by atoms with Crippen LogP contribution < -0.4 is 0 Å². The van der Waals surface area contributed by atoms with Gasteiger partial charge in [0.05, 0.1) is 6.61 Å². The number of rotatable bonds is 4. The predicted molar refractivity (Wildman–Crippen MR) is 61.2 cm³/mol. The number of ketones is 1. The molecule has 0 amide bonds. The first kappa shape index (κ1) is 12.9. The number of sulfone groups is 1. The van der Waals surface area contributed by atoms with Crippen LogP contribution in [0.2, 0.25) is 0 Å². The van der Waals surface area contributed by atoms with Crippen LogP contribution in [-0.2, 0) is 9.84 Å². The molecule has 1 atom stereocenters. The van der Waals surface area contributed by atoms with E-state index in [1.54, 1.807) is 18.2 Å². The van der Waals surface area contributed by atoms with Crippen molar-refractivity contribution < 1.29 is 18.3 Å². The van der Waals surface area contributed by atoms with Crippen LogP contribution in [0.3, 0.4) is 0 Å². The Kier molecular flexibility index (Phi) is 3.83. The highest BCUT2D eigenvalue weighted by molar-refractivity contribution is 7.92. The van der Waals surface area contributed by atoms with Crippen LogP contribution in [0.4, 0.5) is 0 Å². The van der Waals surface area contributed by atoms with Crippen LogP contribution in [0, 0.1) is 6.92 Å². The van der Waals surface area contributed by atoms with Gasteiger partial charge in [0.15, 0.2) is 15.6 Å². The topological polar surface area (TPSA) is 71.4 Å². The van der Waals surface area contributed by atoms with E-state index in [0.29, 0.717) is 5.56 Å². The number of carbonyl (C=O) groups excluding carboxylic acids is 1. The molecule has 0 unspecified atom stereocenters. The lowest BCUT2D eigenvalue weighted by molar-refractivity contribution is 0.0962. The molecule has 1 aromatic rings. The molecule has 0 saturated heterocycles. The third-order valence-electron chi connectivity index (χ3n) is 2.28. The SMILES string of the molecule is Cc1cccc(C(=O)[C@H](CO)S(C)(=O)=O)c1. The van der Waals surface area contributed by atoms with Crippen LogP contribution in [0.1, 0.15) is 15.9 Å². The van der Waals surface area contributed by atoms with E-state index in [4.69, 9.17) is 5.11 Å². The summed E-state index contributed by atoms with van der Waals surface area (Å²) in [5.74, 6) is -0.561. The highest BCUT2D eigenvalue weighted by atomic mass is 32.2. The van der Waals surface area contributed by atoms with E-state index in [0.717, 1.165) is 11.8 Å². The minimum absolute atomic E-state index is 0.310. The van der Waals surface area contributed by atoms with Crippen molar-refractivity contribution >= 4 is 15.6 Å². The molecule has 0 aliphatic carbocycles. The maximum atomic E-state index is 11.8. The Balaban J connectivity index is 3.11. The van der Waals surface area contributed by atoms with Crippen LogP contribution in [0.25, 0.3) is 0 Å². The van der Waals surface area contributed by atoms with Gasteiger partial charge in [0.1, 0.15) is 5.25 Å². The Morgan fingerprint density at radius 3 is 2.50 bits per heavy atom. The lowest BCUT2D eigenvalue weighted by Gasteiger charge is -2.11. The van der Waals surface area contributed by atoms with Crippen LogP contribution in [0.15, 0.2) is 24.3 Å². The number of aryl methyl sites for hydroxylation is 1. The molecule has 1 aromatic carbocycles. The minimum Gasteiger partial charge on any atom is -0.395 e. The first-order valence-electron chi connectivity index (χ1n) is 4.77. The Labute approximate surface area is 94.8 Å². The summed E-state index contributed by atoms with van der Waals surface area (Å²) in [7, 11) is -3.57. The van der Waals surface area contributed by atoms with Crippen molar-refractivity contribution in [2.75, 3.05) is 12.9 Å². The summed E-state index contributed by atoms with van der Waals surface area (Å²) in [5, 5.41) is 7.60. The van der Waals surface area contributed by atoms with Gasteiger partial charge in [-0.2, -0.15) is 0 Å². The van der Waals surface area contributed by atoms with E-state index in [2.05, 4.69) is 0 Å². The summed E-state index contributed by atoms with van der Waals surface area (Å²) in [6.07, 6.45) is 0.946. The number of carbonyl (C=O) groups is 1. The second kappa shape index (κ2) is 4.76. The average Bonchev–Trinajstić information content (AvgIpc) is 2.16. The molecule has 0 aliphatic rings. The Hall–Kier alpha value is -1.20. The zero-order valence-corrected chi connectivity index (χ0v) is 9.99.